The minimum Gasteiger partial charge on any atom is -0.341 e. The zero-order valence-corrected chi connectivity index (χ0v) is 13.2. The normalized spacial score (nSPS) is 15.3. The zero-order chi connectivity index (χ0) is 17.9. The molecule has 25 heavy (non-hydrogen) atoms. The summed E-state index contributed by atoms with van der Waals surface area (Å²) in [4.78, 5) is 14.4. The molecule has 1 aliphatic rings. The number of nitriles is 1. The lowest BCUT2D eigenvalue weighted by molar-refractivity contribution is -0.137. The monoisotopic (exact) mass is 345 g/mol. The molecule has 5 nitrogen and oxygen atoms in total. The lowest BCUT2D eigenvalue weighted by atomic mass is 10.1. The van der Waals surface area contributed by atoms with Gasteiger partial charge in [-0.25, -0.2) is 9.97 Å². The predicted octanol–water partition coefficient (Wildman–Crippen LogP) is 3.55. The van der Waals surface area contributed by atoms with Crippen LogP contribution in [0.25, 0.3) is 11.6 Å². The van der Waals surface area contributed by atoms with Crippen LogP contribution in [0.2, 0.25) is 0 Å². The van der Waals surface area contributed by atoms with Crippen LogP contribution in [0.4, 0.5) is 19.1 Å². The summed E-state index contributed by atoms with van der Waals surface area (Å²) in [6.45, 7) is 1.85. The fraction of sp³-hybridized carbons (Fsp3) is 0.294. The van der Waals surface area contributed by atoms with E-state index in [1.54, 1.807) is 12.4 Å². The number of halogens is 3. The Labute approximate surface area is 142 Å². The second-order valence-electron chi connectivity index (χ2n) is 5.61. The Kier molecular flexibility index (Phi) is 4.65. The van der Waals surface area contributed by atoms with E-state index in [0.29, 0.717) is 17.7 Å². The van der Waals surface area contributed by atoms with Gasteiger partial charge in [-0.3, -0.25) is 4.98 Å². The van der Waals surface area contributed by atoms with E-state index in [0.717, 1.165) is 32.0 Å². The molecule has 0 bridgehead atoms. The van der Waals surface area contributed by atoms with Gasteiger partial charge in [0.25, 0.3) is 0 Å². The molecule has 0 atom stereocenters. The lowest BCUT2D eigenvalue weighted by Gasteiger charge is -2.14. The Bertz CT molecular complexity index is 798. The first-order chi connectivity index (χ1) is 12.0. The molecule has 2 aromatic rings. The molecule has 0 aliphatic carbocycles. The van der Waals surface area contributed by atoms with Gasteiger partial charge in [-0.05, 0) is 31.1 Å². The van der Waals surface area contributed by atoms with Crippen LogP contribution in [-0.4, -0.2) is 28.0 Å². The Balaban J connectivity index is 1.81. The van der Waals surface area contributed by atoms with Crippen LogP contribution >= 0.6 is 0 Å². The molecule has 1 fully saturated rings. The fourth-order valence-corrected chi connectivity index (χ4v) is 2.54. The van der Waals surface area contributed by atoms with Crippen molar-refractivity contribution < 1.29 is 13.2 Å². The van der Waals surface area contributed by atoms with Crippen LogP contribution in [-0.2, 0) is 6.18 Å². The van der Waals surface area contributed by atoms with E-state index in [4.69, 9.17) is 0 Å². The Hall–Kier alpha value is -2.95. The van der Waals surface area contributed by atoms with Crippen molar-refractivity contribution in [2.24, 2.45) is 0 Å². The predicted molar refractivity (Wildman–Crippen MR) is 86.2 cm³/mol. The van der Waals surface area contributed by atoms with Crippen molar-refractivity contribution in [2.75, 3.05) is 18.0 Å². The van der Waals surface area contributed by atoms with Crippen molar-refractivity contribution >= 4 is 17.6 Å². The summed E-state index contributed by atoms with van der Waals surface area (Å²) in [5.41, 5.74) is 0.0402. The van der Waals surface area contributed by atoms with Gasteiger partial charge in [0, 0.05) is 37.2 Å². The maximum absolute atomic E-state index is 12.6. The van der Waals surface area contributed by atoms with Crippen LogP contribution in [0.1, 0.15) is 29.7 Å². The van der Waals surface area contributed by atoms with Gasteiger partial charge in [0.05, 0.1) is 16.8 Å². The average Bonchev–Trinajstić information content (AvgIpc) is 3.14. The van der Waals surface area contributed by atoms with Crippen molar-refractivity contribution in [3.8, 4) is 6.07 Å². The second kappa shape index (κ2) is 6.89. The van der Waals surface area contributed by atoms with Gasteiger partial charge in [0.1, 0.15) is 6.07 Å². The first-order valence-corrected chi connectivity index (χ1v) is 7.70. The number of hydrogen-bond acceptors (Lipinski definition) is 5. The van der Waals surface area contributed by atoms with Crippen LogP contribution in [0, 0.1) is 11.3 Å². The topological polar surface area (TPSA) is 65.7 Å². The summed E-state index contributed by atoms with van der Waals surface area (Å²) in [6, 6.07) is 4.03. The van der Waals surface area contributed by atoms with E-state index in [1.807, 2.05) is 6.07 Å². The largest absolute Gasteiger partial charge is 0.417 e. The SMILES string of the molecule is N#C/C(=C/c1cnc(N2CCCC2)nc1)c1ccc(C(F)(F)F)cn1. The highest BCUT2D eigenvalue weighted by Crippen LogP contribution is 2.29. The Morgan fingerprint density at radius 3 is 2.28 bits per heavy atom. The molecular formula is C17H14F3N5. The minimum atomic E-state index is -4.46. The molecule has 0 aromatic carbocycles. The molecule has 3 rings (SSSR count). The summed E-state index contributed by atoms with van der Waals surface area (Å²) >= 11 is 0. The van der Waals surface area contributed by atoms with E-state index in [1.165, 1.54) is 12.1 Å². The number of nitrogens with zero attached hydrogens (tertiary/aromatic N) is 5. The summed E-state index contributed by atoms with van der Waals surface area (Å²) in [6.07, 6.45) is 3.16. The quantitative estimate of drug-likeness (QED) is 0.796. The molecule has 0 unspecified atom stereocenters. The van der Waals surface area contributed by atoms with Crippen LogP contribution in [0.5, 0.6) is 0 Å². The smallest absolute Gasteiger partial charge is 0.341 e. The fourth-order valence-electron chi connectivity index (χ4n) is 2.54. The van der Waals surface area contributed by atoms with Crippen molar-refractivity contribution in [3.63, 3.8) is 0 Å². The molecule has 8 heteroatoms. The number of pyridine rings is 1. The van der Waals surface area contributed by atoms with E-state index in [2.05, 4.69) is 19.9 Å². The van der Waals surface area contributed by atoms with Gasteiger partial charge < -0.3 is 4.90 Å². The number of alkyl halides is 3. The zero-order valence-electron chi connectivity index (χ0n) is 13.2. The number of aromatic nitrogens is 3. The van der Waals surface area contributed by atoms with E-state index in [-0.39, 0.29) is 11.3 Å². The van der Waals surface area contributed by atoms with Gasteiger partial charge >= 0.3 is 6.18 Å². The third-order valence-electron chi connectivity index (χ3n) is 3.85. The highest BCUT2D eigenvalue weighted by atomic mass is 19.4. The van der Waals surface area contributed by atoms with Gasteiger partial charge in [-0.2, -0.15) is 18.4 Å². The molecular weight excluding hydrogens is 331 g/mol. The Morgan fingerprint density at radius 2 is 1.76 bits per heavy atom. The van der Waals surface area contributed by atoms with Crippen molar-refractivity contribution in [1.29, 1.82) is 5.26 Å². The first kappa shape index (κ1) is 16.9. The molecule has 1 aliphatic heterocycles. The number of hydrogen-bond donors (Lipinski definition) is 0. The molecule has 128 valence electrons. The van der Waals surface area contributed by atoms with Crippen molar-refractivity contribution in [1.82, 2.24) is 15.0 Å². The van der Waals surface area contributed by atoms with Gasteiger partial charge in [-0.1, -0.05) is 0 Å². The molecule has 1 saturated heterocycles. The Morgan fingerprint density at radius 1 is 1.08 bits per heavy atom. The minimum absolute atomic E-state index is 0.145. The van der Waals surface area contributed by atoms with Crippen molar-refractivity contribution in [2.45, 2.75) is 19.0 Å². The van der Waals surface area contributed by atoms with Gasteiger partial charge in [-0.15, -0.1) is 0 Å². The average molecular weight is 345 g/mol. The van der Waals surface area contributed by atoms with Crippen LogP contribution in [0.15, 0.2) is 30.7 Å². The summed E-state index contributed by atoms with van der Waals surface area (Å²) in [7, 11) is 0. The second-order valence-corrected chi connectivity index (χ2v) is 5.61. The molecule has 0 amide bonds. The van der Waals surface area contributed by atoms with E-state index < -0.39 is 11.7 Å². The lowest BCUT2D eigenvalue weighted by Crippen LogP contribution is -2.20. The number of rotatable bonds is 3. The molecule has 3 heterocycles. The molecule has 0 N–H and O–H groups in total. The highest BCUT2D eigenvalue weighted by molar-refractivity contribution is 5.88. The molecule has 2 aromatic heterocycles. The molecule has 0 saturated carbocycles. The standard InChI is InChI=1S/C17H14F3N5/c18-17(19,20)14-3-4-15(22-11-14)13(8-21)7-12-9-23-16(24-10-12)25-5-1-2-6-25/h3-4,7,9-11H,1-2,5-6H2/b13-7-. The van der Waals surface area contributed by atoms with E-state index >= 15 is 0 Å². The maximum atomic E-state index is 12.6. The van der Waals surface area contributed by atoms with Gasteiger partial charge in [0.2, 0.25) is 5.95 Å². The molecule has 0 radical (unpaired) electrons. The summed E-state index contributed by atoms with van der Waals surface area (Å²) in [5.74, 6) is 0.640. The van der Waals surface area contributed by atoms with Crippen LogP contribution < -0.4 is 4.90 Å². The maximum Gasteiger partial charge on any atom is 0.417 e. The first-order valence-electron chi connectivity index (χ1n) is 7.70. The van der Waals surface area contributed by atoms with Gasteiger partial charge in [0.15, 0.2) is 0 Å². The highest BCUT2D eigenvalue weighted by Gasteiger charge is 2.30. The van der Waals surface area contributed by atoms with E-state index in [9.17, 15) is 18.4 Å². The van der Waals surface area contributed by atoms with Crippen molar-refractivity contribution in [3.05, 3.63) is 47.5 Å². The summed E-state index contributed by atoms with van der Waals surface area (Å²) < 4.78 is 37.7. The summed E-state index contributed by atoms with van der Waals surface area (Å²) in [5, 5.41) is 9.27. The third kappa shape index (κ3) is 3.94. The third-order valence-corrected chi connectivity index (χ3v) is 3.85. The molecule has 0 spiro atoms. The number of allylic oxidation sites excluding steroid dienone is 1. The van der Waals surface area contributed by atoms with Crippen LogP contribution in [0.3, 0.4) is 0 Å². The number of anilines is 1.